The summed E-state index contributed by atoms with van der Waals surface area (Å²) in [5.41, 5.74) is 0. The molecule has 3 heteroatoms. The number of hydrogen-bond acceptors (Lipinski definition) is 3. The van der Waals surface area contributed by atoms with Crippen molar-refractivity contribution in [2.75, 3.05) is 26.2 Å². The van der Waals surface area contributed by atoms with E-state index >= 15 is 0 Å². The Morgan fingerprint density at radius 2 is 2.42 bits per heavy atom. The minimum atomic E-state index is 0.669. The summed E-state index contributed by atoms with van der Waals surface area (Å²) in [7, 11) is 0. The predicted octanol–water partition coefficient (Wildman–Crippen LogP) is 0.328. The molecule has 0 spiro atoms. The van der Waals surface area contributed by atoms with Crippen molar-refractivity contribution >= 4 is 5.84 Å². The van der Waals surface area contributed by atoms with E-state index in [0.29, 0.717) is 6.04 Å². The van der Waals surface area contributed by atoms with E-state index in [4.69, 9.17) is 0 Å². The van der Waals surface area contributed by atoms with Crippen LogP contribution in [-0.2, 0) is 0 Å². The van der Waals surface area contributed by atoms with Crippen LogP contribution in [0.4, 0.5) is 0 Å². The zero-order valence-corrected chi connectivity index (χ0v) is 7.88. The van der Waals surface area contributed by atoms with Gasteiger partial charge in [0.1, 0.15) is 5.84 Å². The molecule has 1 N–H and O–H groups in total. The summed E-state index contributed by atoms with van der Waals surface area (Å²) in [6, 6.07) is 0.669. The van der Waals surface area contributed by atoms with Crippen molar-refractivity contribution < 1.29 is 0 Å². The van der Waals surface area contributed by atoms with E-state index < -0.39 is 0 Å². The van der Waals surface area contributed by atoms with Gasteiger partial charge in [0.15, 0.2) is 0 Å². The highest BCUT2D eigenvalue weighted by Gasteiger charge is 2.30. The van der Waals surface area contributed by atoms with Crippen molar-refractivity contribution in [3.05, 3.63) is 0 Å². The SMILES string of the molecule is CC(C)C1CN=C2CNCCN21. The molecule has 2 aliphatic heterocycles. The molecule has 12 heavy (non-hydrogen) atoms. The van der Waals surface area contributed by atoms with E-state index in [1.807, 2.05) is 0 Å². The lowest BCUT2D eigenvalue weighted by Crippen LogP contribution is -2.51. The van der Waals surface area contributed by atoms with Crippen LogP contribution < -0.4 is 5.32 Å². The normalized spacial score (nSPS) is 29.1. The zero-order chi connectivity index (χ0) is 8.55. The quantitative estimate of drug-likeness (QED) is 0.609. The van der Waals surface area contributed by atoms with Gasteiger partial charge in [0.2, 0.25) is 0 Å². The van der Waals surface area contributed by atoms with Gasteiger partial charge in [-0.25, -0.2) is 0 Å². The van der Waals surface area contributed by atoms with Crippen molar-refractivity contribution in [3.63, 3.8) is 0 Å². The molecular weight excluding hydrogens is 150 g/mol. The third-order valence-corrected chi connectivity index (χ3v) is 2.77. The fourth-order valence-electron chi connectivity index (χ4n) is 2.00. The highest BCUT2D eigenvalue weighted by Crippen LogP contribution is 2.18. The van der Waals surface area contributed by atoms with Crippen LogP contribution in [0.2, 0.25) is 0 Å². The second kappa shape index (κ2) is 3.05. The van der Waals surface area contributed by atoms with Gasteiger partial charge in [-0.1, -0.05) is 13.8 Å². The lowest BCUT2D eigenvalue weighted by atomic mass is 10.0. The Hall–Kier alpha value is -0.570. The number of nitrogens with zero attached hydrogens (tertiary/aromatic N) is 2. The first-order valence-electron chi connectivity index (χ1n) is 4.79. The molecule has 2 heterocycles. The monoisotopic (exact) mass is 167 g/mol. The van der Waals surface area contributed by atoms with Crippen LogP contribution in [0.3, 0.4) is 0 Å². The summed E-state index contributed by atoms with van der Waals surface area (Å²) in [5.74, 6) is 2.00. The van der Waals surface area contributed by atoms with Crippen molar-refractivity contribution in [1.82, 2.24) is 10.2 Å². The van der Waals surface area contributed by atoms with E-state index in [1.165, 1.54) is 5.84 Å². The van der Waals surface area contributed by atoms with Crippen LogP contribution in [0.1, 0.15) is 13.8 Å². The minimum absolute atomic E-state index is 0.669. The first kappa shape index (κ1) is 8.05. The molecular formula is C9H17N3. The van der Waals surface area contributed by atoms with Gasteiger partial charge in [0, 0.05) is 13.1 Å². The van der Waals surface area contributed by atoms with Gasteiger partial charge in [0.25, 0.3) is 0 Å². The van der Waals surface area contributed by atoms with Gasteiger partial charge in [-0.15, -0.1) is 0 Å². The Kier molecular flexibility index (Phi) is 2.05. The number of aliphatic imine (C=N–C) groups is 1. The van der Waals surface area contributed by atoms with Crippen molar-refractivity contribution in [2.24, 2.45) is 10.9 Å². The van der Waals surface area contributed by atoms with Crippen LogP contribution >= 0.6 is 0 Å². The molecule has 2 rings (SSSR count). The summed E-state index contributed by atoms with van der Waals surface area (Å²) in [6.07, 6.45) is 0. The number of nitrogens with one attached hydrogen (secondary N) is 1. The van der Waals surface area contributed by atoms with Crippen LogP contribution in [-0.4, -0.2) is 43.0 Å². The van der Waals surface area contributed by atoms with Gasteiger partial charge in [0.05, 0.1) is 19.1 Å². The van der Waals surface area contributed by atoms with Crippen molar-refractivity contribution in [3.8, 4) is 0 Å². The number of piperazine rings is 1. The average molecular weight is 167 g/mol. The van der Waals surface area contributed by atoms with Crippen molar-refractivity contribution in [2.45, 2.75) is 19.9 Å². The predicted molar refractivity (Wildman–Crippen MR) is 50.5 cm³/mol. The molecule has 0 aliphatic carbocycles. The molecule has 2 aliphatic rings. The maximum Gasteiger partial charge on any atom is 0.113 e. The minimum Gasteiger partial charge on any atom is -0.353 e. The van der Waals surface area contributed by atoms with E-state index in [9.17, 15) is 0 Å². The summed E-state index contributed by atoms with van der Waals surface area (Å²) >= 11 is 0. The lowest BCUT2D eigenvalue weighted by molar-refractivity contribution is 0.262. The molecule has 68 valence electrons. The molecule has 0 bridgehead atoms. The third-order valence-electron chi connectivity index (χ3n) is 2.77. The molecule has 1 unspecified atom stereocenters. The standard InChI is InChI=1S/C9H17N3/c1-7(2)8-5-11-9-6-10-3-4-12(8)9/h7-8,10H,3-6H2,1-2H3. The van der Waals surface area contributed by atoms with Crippen LogP contribution in [0, 0.1) is 5.92 Å². The summed E-state index contributed by atoms with van der Waals surface area (Å²) in [5, 5.41) is 3.34. The summed E-state index contributed by atoms with van der Waals surface area (Å²) in [4.78, 5) is 7.01. The van der Waals surface area contributed by atoms with Gasteiger partial charge in [-0.05, 0) is 5.92 Å². The molecule has 0 aromatic heterocycles. The fraction of sp³-hybridized carbons (Fsp3) is 0.889. The van der Waals surface area contributed by atoms with E-state index in [-0.39, 0.29) is 0 Å². The smallest absolute Gasteiger partial charge is 0.113 e. The molecule has 1 saturated heterocycles. The summed E-state index contributed by atoms with van der Waals surface area (Å²) < 4.78 is 0. The number of rotatable bonds is 1. The Bertz CT molecular complexity index is 198. The van der Waals surface area contributed by atoms with E-state index in [2.05, 4.69) is 29.1 Å². The molecule has 0 saturated carbocycles. The average Bonchev–Trinajstić information content (AvgIpc) is 2.47. The molecule has 0 aromatic rings. The lowest BCUT2D eigenvalue weighted by Gasteiger charge is -2.33. The second-order valence-electron chi connectivity index (χ2n) is 3.94. The number of hydrogen-bond donors (Lipinski definition) is 1. The van der Waals surface area contributed by atoms with Gasteiger partial charge in [-0.3, -0.25) is 4.99 Å². The molecule has 0 amide bonds. The first-order chi connectivity index (χ1) is 5.79. The Morgan fingerprint density at radius 3 is 3.17 bits per heavy atom. The Morgan fingerprint density at radius 1 is 1.58 bits per heavy atom. The molecule has 0 aromatic carbocycles. The van der Waals surface area contributed by atoms with E-state index in [1.54, 1.807) is 0 Å². The van der Waals surface area contributed by atoms with Crippen LogP contribution in [0.15, 0.2) is 4.99 Å². The third kappa shape index (κ3) is 1.22. The molecule has 3 nitrogen and oxygen atoms in total. The Labute approximate surface area is 73.9 Å². The van der Waals surface area contributed by atoms with Crippen LogP contribution in [0.5, 0.6) is 0 Å². The maximum atomic E-state index is 4.54. The van der Waals surface area contributed by atoms with Gasteiger partial charge < -0.3 is 10.2 Å². The van der Waals surface area contributed by atoms with Crippen LogP contribution in [0.25, 0.3) is 0 Å². The molecule has 0 radical (unpaired) electrons. The zero-order valence-electron chi connectivity index (χ0n) is 7.88. The fourth-order valence-corrected chi connectivity index (χ4v) is 2.00. The topological polar surface area (TPSA) is 27.6 Å². The number of amidine groups is 1. The summed E-state index contributed by atoms with van der Waals surface area (Å²) in [6.45, 7) is 8.80. The highest BCUT2D eigenvalue weighted by atomic mass is 15.3. The van der Waals surface area contributed by atoms with Crippen molar-refractivity contribution in [1.29, 1.82) is 0 Å². The number of fused-ring (bicyclic) bond motifs is 1. The molecule has 1 atom stereocenters. The second-order valence-corrected chi connectivity index (χ2v) is 3.94. The highest BCUT2D eigenvalue weighted by molar-refractivity contribution is 5.86. The Balaban J connectivity index is 2.06. The first-order valence-corrected chi connectivity index (χ1v) is 4.79. The maximum absolute atomic E-state index is 4.54. The molecule has 1 fully saturated rings. The largest absolute Gasteiger partial charge is 0.353 e. The van der Waals surface area contributed by atoms with Gasteiger partial charge >= 0.3 is 0 Å². The van der Waals surface area contributed by atoms with Gasteiger partial charge in [-0.2, -0.15) is 0 Å². The van der Waals surface area contributed by atoms with E-state index in [0.717, 1.165) is 32.1 Å².